The summed E-state index contributed by atoms with van der Waals surface area (Å²) in [7, 11) is 0. The van der Waals surface area contributed by atoms with Gasteiger partial charge >= 0.3 is 0 Å². The van der Waals surface area contributed by atoms with Crippen molar-refractivity contribution in [3.05, 3.63) is 74.4 Å². The van der Waals surface area contributed by atoms with E-state index in [1.165, 1.54) is 6.07 Å². The molecule has 0 N–H and O–H groups in total. The maximum absolute atomic E-state index is 12.9. The van der Waals surface area contributed by atoms with Gasteiger partial charge in [-0.05, 0) is 36.4 Å². The lowest BCUT2D eigenvalue weighted by Gasteiger charge is -2.36. The number of halogens is 2. The zero-order valence-corrected chi connectivity index (χ0v) is 17.5. The Morgan fingerprint density at radius 2 is 1.82 bits per heavy atom. The van der Waals surface area contributed by atoms with Crippen molar-refractivity contribution in [1.82, 2.24) is 9.47 Å². The van der Waals surface area contributed by atoms with Crippen molar-refractivity contribution in [1.29, 1.82) is 0 Å². The molecule has 2 heterocycles. The number of nitrogens with zero attached hydrogens (tertiary/aromatic N) is 3. The predicted octanol–water partition coefficient (Wildman–Crippen LogP) is 3.77. The van der Waals surface area contributed by atoms with Gasteiger partial charge in [0.15, 0.2) is 5.43 Å². The van der Waals surface area contributed by atoms with Crippen molar-refractivity contribution < 1.29 is 4.79 Å². The highest BCUT2D eigenvalue weighted by atomic mass is 79.9. The fourth-order valence-electron chi connectivity index (χ4n) is 3.55. The van der Waals surface area contributed by atoms with Crippen LogP contribution in [0.1, 0.15) is 0 Å². The van der Waals surface area contributed by atoms with E-state index in [4.69, 9.17) is 11.6 Å². The Hall–Kier alpha value is -2.31. The molecule has 1 fully saturated rings. The maximum atomic E-state index is 12.9. The molecular formula is C21H19BrClN3O2. The molecule has 0 bridgehead atoms. The van der Waals surface area contributed by atoms with Gasteiger partial charge in [-0.25, -0.2) is 0 Å². The van der Waals surface area contributed by atoms with E-state index < -0.39 is 0 Å². The molecule has 7 heteroatoms. The second-order valence-electron chi connectivity index (χ2n) is 6.82. The molecule has 1 amide bonds. The quantitative estimate of drug-likeness (QED) is 0.598. The summed E-state index contributed by atoms with van der Waals surface area (Å²) in [4.78, 5) is 29.1. The fraction of sp³-hybridized carbons (Fsp3) is 0.238. The molecule has 0 radical (unpaired) electrons. The number of aromatic nitrogens is 1. The van der Waals surface area contributed by atoms with E-state index >= 15 is 0 Å². The van der Waals surface area contributed by atoms with E-state index in [1.54, 1.807) is 12.3 Å². The van der Waals surface area contributed by atoms with Gasteiger partial charge in [0.05, 0.1) is 5.52 Å². The van der Waals surface area contributed by atoms with Crippen LogP contribution in [0.4, 0.5) is 5.69 Å². The molecule has 0 atom stereocenters. The highest BCUT2D eigenvalue weighted by molar-refractivity contribution is 9.10. The van der Waals surface area contributed by atoms with Crippen LogP contribution in [0.15, 0.2) is 64.0 Å². The molecule has 5 nitrogen and oxygen atoms in total. The van der Waals surface area contributed by atoms with E-state index in [0.717, 1.165) is 28.8 Å². The molecule has 1 aliphatic rings. The van der Waals surface area contributed by atoms with Gasteiger partial charge in [-0.3, -0.25) is 9.59 Å². The van der Waals surface area contributed by atoms with Crippen molar-refractivity contribution in [2.75, 3.05) is 31.1 Å². The zero-order chi connectivity index (χ0) is 19.7. The van der Waals surface area contributed by atoms with Gasteiger partial charge in [0.2, 0.25) is 5.91 Å². The second-order valence-corrected chi connectivity index (χ2v) is 8.17. The number of pyridine rings is 1. The summed E-state index contributed by atoms with van der Waals surface area (Å²) < 4.78 is 2.72. The smallest absolute Gasteiger partial charge is 0.242 e. The number of carbonyl (C=O) groups is 1. The lowest BCUT2D eigenvalue weighted by atomic mass is 10.2. The SMILES string of the molecule is O=C(Cn1ccc(=O)c2ccc(Br)cc21)N1CCN(c2cccc(Cl)c2)CC1. The van der Waals surface area contributed by atoms with Crippen LogP contribution in [0.2, 0.25) is 5.02 Å². The van der Waals surface area contributed by atoms with Crippen LogP contribution in [0, 0.1) is 0 Å². The second kappa shape index (κ2) is 7.97. The van der Waals surface area contributed by atoms with Crippen molar-refractivity contribution in [2.24, 2.45) is 0 Å². The third-order valence-electron chi connectivity index (χ3n) is 5.05. The molecule has 4 rings (SSSR count). The van der Waals surface area contributed by atoms with Gasteiger partial charge in [-0.15, -0.1) is 0 Å². The Labute approximate surface area is 176 Å². The first-order chi connectivity index (χ1) is 13.5. The lowest BCUT2D eigenvalue weighted by Crippen LogP contribution is -2.49. The third-order valence-corrected chi connectivity index (χ3v) is 5.78. The number of fused-ring (bicyclic) bond motifs is 1. The van der Waals surface area contributed by atoms with Gasteiger partial charge in [0.25, 0.3) is 0 Å². The van der Waals surface area contributed by atoms with Crippen molar-refractivity contribution in [3.8, 4) is 0 Å². The summed E-state index contributed by atoms with van der Waals surface area (Å²) in [5.41, 5.74) is 1.80. The van der Waals surface area contributed by atoms with Gasteiger partial charge in [-0.2, -0.15) is 0 Å². The minimum Gasteiger partial charge on any atom is -0.368 e. The first-order valence-electron chi connectivity index (χ1n) is 9.08. The van der Waals surface area contributed by atoms with Crippen molar-refractivity contribution >= 4 is 50.0 Å². The van der Waals surface area contributed by atoms with Crippen molar-refractivity contribution in [2.45, 2.75) is 6.54 Å². The molecule has 1 saturated heterocycles. The van der Waals surface area contributed by atoms with E-state index in [0.29, 0.717) is 23.5 Å². The Morgan fingerprint density at radius 3 is 2.57 bits per heavy atom. The normalized spacial score (nSPS) is 14.5. The Bertz CT molecular complexity index is 1090. The molecule has 1 aromatic heterocycles. The van der Waals surface area contributed by atoms with E-state index in [2.05, 4.69) is 20.8 Å². The van der Waals surface area contributed by atoms with Gasteiger partial charge in [0, 0.05) is 59.0 Å². The minimum absolute atomic E-state index is 0.0404. The first kappa shape index (κ1) is 19.0. The summed E-state index contributed by atoms with van der Waals surface area (Å²) in [5, 5.41) is 1.33. The van der Waals surface area contributed by atoms with Crippen LogP contribution >= 0.6 is 27.5 Å². The Morgan fingerprint density at radius 1 is 1.04 bits per heavy atom. The standard InChI is InChI=1S/C21H19BrClN3O2/c22-15-4-5-18-19(12-15)26(7-6-20(18)27)14-21(28)25-10-8-24(9-11-25)17-3-1-2-16(23)13-17/h1-7,12-13H,8-11,14H2. The summed E-state index contributed by atoms with van der Waals surface area (Å²) in [6, 6.07) is 14.8. The number of hydrogen-bond donors (Lipinski definition) is 0. The largest absolute Gasteiger partial charge is 0.368 e. The number of amides is 1. The highest BCUT2D eigenvalue weighted by Crippen LogP contribution is 2.21. The molecule has 28 heavy (non-hydrogen) atoms. The molecular weight excluding hydrogens is 442 g/mol. The van der Waals surface area contributed by atoms with Crippen LogP contribution in [0.25, 0.3) is 10.9 Å². The molecule has 0 saturated carbocycles. The van der Waals surface area contributed by atoms with Crippen LogP contribution in [0.3, 0.4) is 0 Å². The molecule has 3 aromatic rings. The summed E-state index contributed by atoms with van der Waals surface area (Å²) in [5.74, 6) is 0.0515. The average Bonchev–Trinajstić information content (AvgIpc) is 2.70. The number of carbonyl (C=O) groups excluding carboxylic acids is 1. The molecule has 144 valence electrons. The number of anilines is 1. The zero-order valence-electron chi connectivity index (χ0n) is 15.1. The van der Waals surface area contributed by atoms with E-state index in [1.807, 2.05) is 45.9 Å². The number of rotatable bonds is 3. The molecule has 0 spiro atoms. The van der Waals surface area contributed by atoms with Crippen molar-refractivity contribution in [3.63, 3.8) is 0 Å². The maximum Gasteiger partial charge on any atom is 0.242 e. The number of hydrogen-bond acceptors (Lipinski definition) is 3. The van der Waals surface area contributed by atoms with Crippen LogP contribution in [0.5, 0.6) is 0 Å². The minimum atomic E-state index is -0.0404. The molecule has 0 unspecified atom stereocenters. The molecule has 1 aliphatic heterocycles. The predicted molar refractivity (Wildman–Crippen MR) is 116 cm³/mol. The molecule has 2 aromatic carbocycles. The Kier molecular flexibility index (Phi) is 5.42. The fourth-order valence-corrected chi connectivity index (χ4v) is 4.08. The third kappa shape index (κ3) is 3.93. The topological polar surface area (TPSA) is 45.6 Å². The van der Waals surface area contributed by atoms with Gasteiger partial charge in [-0.1, -0.05) is 33.6 Å². The van der Waals surface area contributed by atoms with Gasteiger partial charge < -0.3 is 14.4 Å². The van der Waals surface area contributed by atoms with E-state index in [9.17, 15) is 9.59 Å². The van der Waals surface area contributed by atoms with Crippen LogP contribution in [-0.4, -0.2) is 41.6 Å². The summed E-state index contributed by atoms with van der Waals surface area (Å²) in [6.45, 7) is 3.07. The number of piperazine rings is 1. The monoisotopic (exact) mass is 459 g/mol. The first-order valence-corrected chi connectivity index (χ1v) is 10.3. The summed E-state index contributed by atoms with van der Waals surface area (Å²) in [6.07, 6.45) is 1.69. The Balaban J connectivity index is 1.47. The van der Waals surface area contributed by atoms with E-state index in [-0.39, 0.29) is 17.9 Å². The van der Waals surface area contributed by atoms with Crippen LogP contribution < -0.4 is 10.3 Å². The lowest BCUT2D eigenvalue weighted by molar-refractivity contribution is -0.132. The molecule has 0 aliphatic carbocycles. The number of benzene rings is 2. The summed E-state index contributed by atoms with van der Waals surface area (Å²) >= 11 is 9.53. The average molecular weight is 461 g/mol. The highest BCUT2D eigenvalue weighted by Gasteiger charge is 2.22. The van der Waals surface area contributed by atoms with Gasteiger partial charge in [0.1, 0.15) is 6.54 Å². The van der Waals surface area contributed by atoms with Crippen LogP contribution in [-0.2, 0) is 11.3 Å².